The molecular weight excluding hydrogens is 360 g/mol. The predicted molar refractivity (Wildman–Crippen MR) is 112 cm³/mol. The number of unbranched alkanes of at least 4 members (excludes halogenated alkanes) is 1. The van der Waals surface area contributed by atoms with Gasteiger partial charge in [0, 0.05) is 25.3 Å². The van der Waals surface area contributed by atoms with Crippen molar-refractivity contribution >= 4 is 23.0 Å². The third-order valence-corrected chi connectivity index (χ3v) is 5.76. The lowest BCUT2D eigenvalue weighted by molar-refractivity contribution is 0.0180. The van der Waals surface area contributed by atoms with E-state index in [1.54, 1.807) is 6.26 Å². The molecule has 0 bridgehead atoms. The highest BCUT2D eigenvalue weighted by Crippen LogP contribution is 2.24. The topological polar surface area (TPSA) is 64.6 Å². The van der Waals surface area contributed by atoms with Crippen molar-refractivity contribution in [1.29, 1.82) is 0 Å². The Labute approximate surface area is 167 Å². The van der Waals surface area contributed by atoms with Crippen LogP contribution < -0.4 is 5.32 Å². The maximum absolute atomic E-state index is 12.1. The zero-order valence-corrected chi connectivity index (χ0v) is 17.9. The molecule has 0 spiro atoms. The molecule has 1 N–H and O–H groups in total. The van der Waals surface area contributed by atoms with Crippen molar-refractivity contribution < 1.29 is 14.1 Å². The van der Waals surface area contributed by atoms with Gasteiger partial charge in [-0.05, 0) is 81.4 Å². The number of hydrogen-bond acceptors (Lipinski definition) is 4. The Morgan fingerprint density at radius 2 is 1.85 bits per heavy atom. The van der Waals surface area contributed by atoms with Crippen molar-refractivity contribution in [3.05, 3.63) is 24.3 Å². The van der Waals surface area contributed by atoms with Gasteiger partial charge in [-0.15, -0.1) is 0 Å². The quantitative estimate of drug-likeness (QED) is 0.540. The smallest absolute Gasteiger partial charge is 0.410 e. The number of hydrogen-bond donors (Lipinski definition) is 1. The molecule has 0 aliphatic carbocycles. The predicted octanol–water partition coefficient (Wildman–Crippen LogP) is 4.65. The van der Waals surface area contributed by atoms with Crippen molar-refractivity contribution in [3.63, 3.8) is 0 Å². The first-order valence-electron chi connectivity index (χ1n) is 9.90. The van der Waals surface area contributed by atoms with Crippen LogP contribution in [-0.2, 0) is 15.9 Å². The Morgan fingerprint density at radius 3 is 2.41 bits per heavy atom. The van der Waals surface area contributed by atoms with E-state index in [2.05, 4.69) is 5.32 Å². The molecule has 1 fully saturated rings. The molecule has 5 nitrogen and oxygen atoms in total. The Bertz CT molecular complexity index is 576. The molecule has 1 heterocycles. The summed E-state index contributed by atoms with van der Waals surface area (Å²) in [5, 5.41) is 3.42. The van der Waals surface area contributed by atoms with Gasteiger partial charge in [-0.25, -0.2) is 4.79 Å². The molecule has 0 radical (unpaired) electrons. The number of nitrogens with zero attached hydrogens (tertiary/aromatic N) is 1. The van der Waals surface area contributed by atoms with Crippen LogP contribution in [0.2, 0.25) is 0 Å². The number of anilines is 1. The van der Waals surface area contributed by atoms with Crippen LogP contribution in [0.5, 0.6) is 0 Å². The summed E-state index contributed by atoms with van der Waals surface area (Å²) in [5.74, 6) is 0.711. The van der Waals surface area contributed by atoms with Crippen LogP contribution in [0, 0.1) is 5.92 Å². The number of likely N-dealkylation sites (tertiary alicyclic amines) is 1. The average Bonchev–Trinajstić information content (AvgIpc) is 2.61. The SMILES string of the molecule is C[S+]([O-])c1ccc(NCCCCC2CCN(C(=O)OC(C)(C)C)CC2)cc1. The van der Waals surface area contributed by atoms with Crippen LogP contribution in [0.15, 0.2) is 29.2 Å². The van der Waals surface area contributed by atoms with Gasteiger partial charge in [-0.1, -0.05) is 12.8 Å². The minimum Gasteiger partial charge on any atom is -0.612 e. The molecule has 1 atom stereocenters. The van der Waals surface area contributed by atoms with E-state index in [0.717, 1.165) is 49.5 Å². The molecule has 1 saturated heterocycles. The van der Waals surface area contributed by atoms with E-state index < -0.39 is 16.8 Å². The van der Waals surface area contributed by atoms with Crippen LogP contribution in [-0.4, -0.2) is 47.0 Å². The lowest BCUT2D eigenvalue weighted by Gasteiger charge is -2.33. The number of nitrogens with one attached hydrogen (secondary N) is 1. The van der Waals surface area contributed by atoms with Crippen LogP contribution in [0.1, 0.15) is 52.9 Å². The molecule has 1 amide bonds. The van der Waals surface area contributed by atoms with Crippen molar-refractivity contribution in [3.8, 4) is 0 Å². The number of carbonyl (C=O) groups is 1. The molecule has 1 aromatic carbocycles. The van der Waals surface area contributed by atoms with Crippen molar-refractivity contribution in [2.75, 3.05) is 31.2 Å². The van der Waals surface area contributed by atoms with E-state index in [1.165, 1.54) is 12.8 Å². The Kier molecular flexibility index (Phi) is 8.29. The fourth-order valence-electron chi connectivity index (χ4n) is 3.29. The minimum atomic E-state index is -0.920. The van der Waals surface area contributed by atoms with E-state index in [4.69, 9.17) is 4.74 Å². The molecule has 1 aliphatic rings. The van der Waals surface area contributed by atoms with Gasteiger partial charge in [0.05, 0.1) is 0 Å². The van der Waals surface area contributed by atoms with Gasteiger partial charge in [-0.2, -0.15) is 0 Å². The van der Waals surface area contributed by atoms with Crippen molar-refractivity contribution in [1.82, 2.24) is 4.90 Å². The van der Waals surface area contributed by atoms with E-state index in [0.29, 0.717) is 5.92 Å². The molecule has 6 heteroatoms. The van der Waals surface area contributed by atoms with Gasteiger partial charge >= 0.3 is 6.09 Å². The maximum Gasteiger partial charge on any atom is 0.410 e. The third-order valence-electron chi connectivity index (χ3n) is 4.82. The highest BCUT2D eigenvalue weighted by atomic mass is 32.2. The molecule has 0 saturated carbocycles. The molecule has 2 rings (SSSR count). The van der Waals surface area contributed by atoms with Gasteiger partial charge in [0.1, 0.15) is 11.9 Å². The summed E-state index contributed by atoms with van der Waals surface area (Å²) < 4.78 is 16.8. The second-order valence-corrected chi connectivity index (χ2v) is 9.69. The van der Waals surface area contributed by atoms with Crippen LogP contribution in [0.3, 0.4) is 0 Å². The summed E-state index contributed by atoms with van der Waals surface area (Å²) in [6.07, 6.45) is 7.21. The average molecular weight is 395 g/mol. The van der Waals surface area contributed by atoms with E-state index in [1.807, 2.05) is 49.9 Å². The van der Waals surface area contributed by atoms with E-state index in [-0.39, 0.29) is 6.09 Å². The first-order valence-corrected chi connectivity index (χ1v) is 11.5. The number of rotatable bonds is 7. The zero-order chi connectivity index (χ0) is 19.9. The summed E-state index contributed by atoms with van der Waals surface area (Å²) in [4.78, 5) is 14.8. The van der Waals surface area contributed by atoms with Crippen molar-refractivity contribution in [2.45, 2.75) is 63.4 Å². The van der Waals surface area contributed by atoms with Crippen LogP contribution in [0.25, 0.3) is 0 Å². The van der Waals surface area contributed by atoms with Gasteiger partial charge in [0.2, 0.25) is 0 Å². The number of piperidine rings is 1. The second kappa shape index (κ2) is 10.2. The molecule has 1 aliphatic heterocycles. The standard InChI is InChI=1S/C21H34N2O3S/c1-21(2,3)26-20(24)23-15-12-17(13-16-23)7-5-6-14-22-18-8-10-19(11-9-18)27(4)25/h8-11,17,22H,5-7,12-16H2,1-4H3. The Morgan fingerprint density at radius 1 is 1.22 bits per heavy atom. The molecule has 27 heavy (non-hydrogen) atoms. The van der Waals surface area contributed by atoms with Crippen molar-refractivity contribution in [2.24, 2.45) is 5.92 Å². The van der Waals surface area contributed by atoms with E-state index >= 15 is 0 Å². The third kappa shape index (κ3) is 8.01. The lowest BCUT2D eigenvalue weighted by Crippen LogP contribution is -2.41. The minimum absolute atomic E-state index is 0.178. The van der Waals surface area contributed by atoms with Gasteiger partial charge in [0.25, 0.3) is 0 Å². The fraction of sp³-hybridized carbons (Fsp3) is 0.667. The second-order valence-electron chi connectivity index (χ2n) is 8.31. The Hall–Kier alpha value is -1.40. The molecular formula is C21H34N2O3S. The largest absolute Gasteiger partial charge is 0.612 e. The van der Waals surface area contributed by atoms with Gasteiger partial charge < -0.3 is 19.5 Å². The highest BCUT2D eigenvalue weighted by molar-refractivity contribution is 7.90. The molecule has 1 unspecified atom stereocenters. The number of benzene rings is 1. The van der Waals surface area contributed by atoms with Crippen LogP contribution >= 0.6 is 0 Å². The number of carbonyl (C=O) groups excluding carboxylic acids is 1. The summed E-state index contributed by atoms with van der Waals surface area (Å²) in [6.45, 7) is 8.29. The first-order chi connectivity index (χ1) is 12.7. The summed E-state index contributed by atoms with van der Waals surface area (Å²) in [5.41, 5.74) is 0.657. The molecule has 0 aromatic heterocycles. The van der Waals surface area contributed by atoms with Crippen LogP contribution in [0.4, 0.5) is 10.5 Å². The first kappa shape index (κ1) is 21.9. The summed E-state index contributed by atoms with van der Waals surface area (Å²) >= 11 is -0.920. The summed E-state index contributed by atoms with van der Waals surface area (Å²) in [6, 6.07) is 7.81. The van der Waals surface area contributed by atoms with Gasteiger partial charge in [0.15, 0.2) is 4.90 Å². The lowest BCUT2D eigenvalue weighted by atomic mass is 9.92. The number of amides is 1. The zero-order valence-electron chi connectivity index (χ0n) is 17.1. The highest BCUT2D eigenvalue weighted by Gasteiger charge is 2.26. The molecule has 152 valence electrons. The normalized spacial score (nSPS) is 16.9. The monoisotopic (exact) mass is 394 g/mol. The summed E-state index contributed by atoms with van der Waals surface area (Å²) in [7, 11) is 0. The Balaban J connectivity index is 1.57. The van der Waals surface area contributed by atoms with E-state index in [9.17, 15) is 9.35 Å². The fourth-order valence-corrected chi connectivity index (χ4v) is 3.81. The van der Waals surface area contributed by atoms with Gasteiger partial charge in [-0.3, -0.25) is 0 Å². The molecule has 1 aromatic rings. The maximum atomic E-state index is 12.1. The number of ether oxygens (including phenoxy) is 1.